The van der Waals surface area contributed by atoms with Crippen LogP contribution in [0.25, 0.3) is 0 Å². The minimum Gasteiger partial charge on any atom is -0.355 e. The Bertz CT molecular complexity index is 445. The van der Waals surface area contributed by atoms with Gasteiger partial charge in [-0.1, -0.05) is 12.1 Å². The van der Waals surface area contributed by atoms with Crippen molar-refractivity contribution in [1.82, 2.24) is 10.2 Å². The zero-order chi connectivity index (χ0) is 14.3. The summed E-state index contributed by atoms with van der Waals surface area (Å²) < 4.78 is 0. The molecular weight excluding hydrogens is 238 g/mol. The molecule has 0 atom stereocenters. The third-order valence-electron chi connectivity index (χ3n) is 3.12. The van der Waals surface area contributed by atoms with Gasteiger partial charge in [0.05, 0.1) is 18.1 Å². The van der Waals surface area contributed by atoms with Crippen molar-refractivity contribution in [2.45, 2.75) is 26.3 Å². The molecule has 0 fully saturated rings. The zero-order valence-corrected chi connectivity index (χ0v) is 11.8. The number of carbonyl (C=O) groups is 1. The first-order chi connectivity index (χ1) is 9.02. The fraction of sp³-hybridized carbons (Fsp3) is 0.467. The van der Waals surface area contributed by atoms with E-state index in [2.05, 4.69) is 30.1 Å². The monoisotopic (exact) mass is 259 g/mol. The summed E-state index contributed by atoms with van der Waals surface area (Å²) in [6, 6.07) is 9.64. The van der Waals surface area contributed by atoms with E-state index in [0.29, 0.717) is 24.6 Å². The first-order valence-corrected chi connectivity index (χ1v) is 6.49. The van der Waals surface area contributed by atoms with Crippen molar-refractivity contribution < 1.29 is 4.79 Å². The van der Waals surface area contributed by atoms with Crippen LogP contribution in [0.15, 0.2) is 24.3 Å². The standard InChI is InChI=1S/C15H21N3O/c1-12(2)18(3)9-8-17-15(19)10-13-4-6-14(11-16)7-5-13/h4-7,12H,8-10H2,1-3H3,(H,17,19). The van der Waals surface area contributed by atoms with E-state index < -0.39 is 0 Å². The average Bonchev–Trinajstić information content (AvgIpc) is 2.39. The molecule has 1 aromatic carbocycles. The van der Waals surface area contributed by atoms with E-state index in [1.54, 1.807) is 12.1 Å². The van der Waals surface area contributed by atoms with Gasteiger partial charge in [0, 0.05) is 19.1 Å². The molecule has 0 spiro atoms. The maximum atomic E-state index is 11.7. The second-order valence-electron chi connectivity index (χ2n) is 4.91. The molecule has 0 heterocycles. The summed E-state index contributed by atoms with van der Waals surface area (Å²) in [4.78, 5) is 13.9. The highest BCUT2D eigenvalue weighted by atomic mass is 16.1. The van der Waals surface area contributed by atoms with Crippen LogP contribution in [-0.4, -0.2) is 37.0 Å². The summed E-state index contributed by atoms with van der Waals surface area (Å²) in [6.45, 7) is 5.75. The van der Waals surface area contributed by atoms with Gasteiger partial charge in [-0.15, -0.1) is 0 Å². The van der Waals surface area contributed by atoms with Crippen molar-refractivity contribution in [3.8, 4) is 6.07 Å². The summed E-state index contributed by atoms with van der Waals surface area (Å²) >= 11 is 0. The Labute approximate surface area is 115 Å². The van der Waals surface area contributed by atoms with Crippen LogP contribution in [0.5, 0.6) is 0 Å². The lowest BCUT2D eigenvalue weighted by molar-refractivity contribution is -0.120. The highest BCUT2D eigenvalue weighted by Gasteiger charge is 2.05. The second-order valence-corrected chi connectivity index (χ2v) is 4.91. The predicted octanol–water partition coefficient (Wildman–Crippen LogP) is 1.56. The van der Waals surface area contributed by atoms with E-state index >= 15 is 0 Å². The number of hydrogen-bond acceptors (Lipinski definition) is 3. The molecule has 102 valence electrons. The summed E-state index contributed by atoms with van der Waals surface area (Å²) in [7, 11) is 2.04. The number of likely N-dealkylation sites (N-methyl/N-ethyl adjacent to an activating group) is 1. The van der Waals surface area contributed by atoms with Gasteiger partial charge in [0.25, 0.3) is 0 Å². The Morgan fingerprint density at radius 1 is 1.37 bits per heavy atom. The van der Waals surface area contributed by atoms with Gasteiger partial charge in [-0.25, -0.2) is 0 Å². The maximum Gasteiger partial charge on any atom is 0.224 e. The molecule has 0 saturated carbocycles. The quantitative estimate of drug-likeness (QED) is 0.843. The molecular formula is C15H21N3O. The first kappa shape index (κ1) is 15.2. The molecule has 0 unspecified atom stereocenters. The molecule has 19 heavy (non-hydrogen) atoms. The van der Waals surface area contributed by atoms with E-state index in [9.17, 15) is 4.79 Å². The van der Waals surface area contributed by atoms with E-state index in [4.69, 9.17) is 5.26 Å². The Kier molecular flexibility index (Phi) is 6.04. The number of rotatable bonds is 6. The van der Waals surface area contributed by atoms with Crippen molar-refractivity contribution in [1.29, 1.82) is 5.26 Å². The van der Waals surface area contributed by atoms with Gasteiger partial charge in [-0.2, -0.15) is 5.26 Å². The highest BCUT2D eigenvalue weighted by Crippen LogP contribution is 2.03. The fourth-order valence-corrected chi connectivity index (χ4v) is 1.57. The lowest BCUT2D eigenvalue weighted by Gasteiger charge is -2.20. The highest BCUT2D eigenvalue weighted by molar-refractivity contribution is 5.78. The molecule has 1 amide bonds. The fourth-order valence-electron chi connectivity index (χ4n) is 1.57. The van der Waals surface area contributed by atoms with Crippen LogP contribution in [0, 0.1) is 11.3 Å². The molecule has 4 heteroatoms. The van der Waals surface area contributed by atoms with Gasteiger partial charge in [0.15, 0.2) is 0 Å². The van der Waals surface area contributed by atoms with Crippen LogP contribution in [0.4, 0.5) is 0 Å². The first-order valence-electron chi connectivity index (χ1n) is 6.49. The number of nitriles is 1. The van der Waals surface area contributed by atoms with Gasteiger partial charge in [-0.3, -0.25) is 4.79 Å². The summed E-state index contributed by atoms with van der Waals surface area (Å²) in [5, 5.41) is 11.6. The van der Waals surface area contributed by atoms with Crippen molar-refractivity contribution in [2.75, 3.05) is 20.1 Å². The molecule has 0 aliphatic rings. The van der Waals surface area contributed by atoms with E-state index in [-0.39, 0.29) is 5.91 Å². The molecule has 1 rings (SSSR count). The van der Waals surface area contributed by atoms with Crippen molar-refractivity contribution >= 4 is 5.91 Å². The van der Waals surface area contributed by atoms with Gasteiger partial charge >= 0.3 is 0 Å². The number of amides is 1. The molecule has 0 aliphatic heterocycles. The number of benzene rings is 1. The van der Waals surface area contributed by atoms with E-state index in [1.165, 1.54) is 0 Å². The van der Waals surface area contributed by atoms with Gasteiger partial charge in [0.1, 0.15) is 0 Å². The minimum atomic E-state index is 0.0156. The molecule has 0 aliphatic carbocycles. The van der Waals surface area contributed by atoms with Crippen LogP contribution in [0.1, 0.15) is 25.0 Å². The predicted molar refractivity (Wildman–Crippen MR) is 75.6 cm³/mol. The molecule has 1 N–H and O–H groups in total. The number of nitrogens with one attached hydrogen (secondary N) is 1. The van der Waals surface area contributed by atoms with Crippen molar-refractivity contribution in [3.05, 3.63) is 35.4 Å². The Balaban J connectivity index is 2.33. The topological polar surface area (TPSA) is 56.1 Å². The van der Waals surface area contributed by atoms with Gasteiger partial charge in [-0.05, 0) is 38.6 Å². The third-order valence-corrected chi connectivity index (χ3v) is 3.12. The van der Waals surface area contributed by atoms with Crippen LogP contribution in [0.2, 0.25) is 0 Å². The molecule has 0 radical (unpaired) electrons. The normalized spacial score (nSPS) is 10.5. The molecule has 0 aromatic heterocycles. The zero-order valence-electron chi connectivity index (χ0n) is 11.8. The second kappa shape index (κ2) is 7.55. The Morgan fingerprint density at radius 3 is 2.53 bits per heavy atom. The van der Waals surface area contributed by atoms with Crippen molar-refractivity contribution in [3.63, 3.8) is 0 Å². The van der Waals surface area contributed by atoms with E-state index in [1.807, 2.05) is 19.2 Å². The number of carbonyl (C=O) groups excluding carboxylic acids is 1. The summed E-state index contributed by atoms with van der Waals surface area (Å²) in [6.07, 6.45) is 0.358. The molecule has 1 aromatic rings. The van der Waals surface area contributed by atoms with Crippen LogP contribution >= 0.6 is 0 Å². The Hall–Kier alpha value is -1.86. The largest absolute Gasteiger partial charge is 0.355 e. The summed E-state index contributed by atoms with van der Waals surface area (Å²) in [5.74, 6) is 0.0156. The smallest absolute Gasteiger partial charge is 0.224 e. The molecule has 0 bridgehead atoms. The van der Waals surface area contributed by atoms with E-state index in [0.717, 1.165) is 12.1 Å². The van der Waals surface area contributed by atoms with Crippen LogP contribution in [-0.2, 0) is 11.2 Å². The SMILES string of the molecule is CC(C)N(C)CCNC(=O)Cc1ccc(C#N)cc1. The van der Waals surface area contributed by atoms with Gasteiger partial charge < -0.3 is 10.2 Å². The summed E-state index contributed by atoms with van der Waals surface area (Å²) in [5.41, 5.74) is 1.54. The lowest BCUT2D eigenvalue weighted by atomic mass is 10.1. The minimum absolute atomic E-state index is 0.0156. The maximum absolute atomic E-state index is 11.7. The Morgan fingerprint density at radius 2 is 2.00 bits per heavy atom. The number of hydrogen-bond donors (Lipinski definition) is 1. The number of nitrogens with zero attached hydrogens (tertiary/aromatic N) is 2. The molecule has 0 saturated heterocycles. The van der Waals surface area contributed by atoms with Crippen LogP contribution in [0.3, 0.4) is 0 Å². The lowest BCUT2D eigenvalue weighted by Crippen LogP contribution is -2.36. The van der Waals surface area contributed by atoms with Gasteiger partial charge in [0.2, 0.25) is 5.91 Å². The van der Waals surface area contributed by atoms with Crippen molar-refractivity contribution in [2.24, 2.45) is 0 Å². The average molecular weight is 259 g/mol. The van der Waals surface area contributed by atoms with Crippen LogP contribution < -0.4 is 5.32 Å². The molecule has 4 nitrogen and oxygen atoms in total. The third kappa shape index (κ3) is 5.54.